The third-order valence-electron chi connectivity index (χ3n) is 10.8. The third-order valence-corrected chi connectivity index (χ3v) is 10.8. The van der Waals surface area contributed by atoms with Crippen molar-refractivity contribution >= 4 is 93.8 Å². The van der Waals surface area contributed by atoms with E-state index in [1.165, 1.54) is 5.39 Å². The third kappa shape index (κ3) is 4.46. The zero-order valence-corrected chi connectivity index (χ0v) is 29.3. The van der Waals surface area contributed by atoms with Crippen LogP contribution in [0.3, 0.4) is 0 Å². The first-order valence-corrected chi connectivity index (χ1v) is 18.4. The van der Waals surface area contributed by atoms with Crippen molar-refractivity contribution in [2.45, 2.75) is 0 Å². The normalized spacial score (nSPS) is 12.0. The molecular formula is C49H29N3O3. The molecule has 12 rings (SSSR count). The lowest BCUT2D eigenvalue weighted by Crippen LogP contribution is -2.10. The van der Waals surface area contributed by atoms with Gasteiger partial charge in [0.1, 0.15) is 27.8 Å². The van der Waals surface area contributed by atoms with Crippen molar-refractivity contribution in [2.24, 2.45) is 0 Å². The Balaban J connectivity index is 1.12. The summed E-state index contributed by atoms with van der Waals surface area (Å²) in [5.74, 6) is 0.592. The van der Waals surface area contributed by atoms with Gasteiger partial charge in [0.25, 0.3) is 0 Å². The maximum atomic E-state index is 6.66. The van der Waals surface area contributed by atoms with Crippen LogP contribution in [0.2, 0.25) is 0 Å². The van der Waals surface area contributed by atoms with Gasteiger partial charge >= 0.3 is 0 Å². The van der Waals surface area contributed by atoms with Crippen LogP contribution in [0.15, 0.2) is 189 Å². The molecule has 6 nitrogen and oxygen atoms in total. The average Bonchev–Trinajstić information content (AvgIpc) is 4.01. The minimum Gasteiger partial charge on any atom is -0.456 e. The second-order valence-electron chi connectivity index (χ2n) is 13.9. The lowest BCUT2D eigenvalue weighted by molar-refractivity contribution is 0.617. The summed E-state index contributed by atoms with van der Waals surface area (Å²) in [7, 11) is 0. The molecule has 0 aliphatic carbocycles. The highest BCUT2D eigenvalue weighted by Gasteiger charge is 2.25. The van der Waals surface area contributed by atoms with Gasteiger partial charge in [0.2, 0.25) is 5.89 Å². The standard InChI is InChI=1S/C49H29N3O3/c1-3-13-30(14-4-1)49-50-37-28-36-33-26-25-32(27-44(33)54-45(36)29-46(37)55-49)52(41-22-12-24-43-48(41)35-18-8-10-23-42(35)53-43)40-21-11-20-39-47(40)34-17-7-9-19-38(34)51(39)31-15-5-2-6-16-31/h1-29H. The predicted molar refractivity (Wildman–Crippen MR) is 223 cm³/mol. The topological polar surface area (TPSA) is 60.5 Å². The van der Waals surface area contributed by atoms with E-state index in [0.29, 0.717) is 11.5 Å². The molecule has 4 heterocycles. The van der Waals surface area contributed by atoms with E-state index in [1.54, 1.807) is 0 Å². The lowest BCUT2D eigenvalue weighted by atomic mass is 10.0. The summed E-state index contributed by atoms with van der Waals surface area (Å²) in [4.78, 5) is 7.21. The quantitative estimate of drug-likeness (QED) is 0.178. The smallest absolute Gasteiger partial charge is 0.227 e. The minimum absolute atomic E-state index is 0.592. The van der Waals surface area contributed by atoms with E-state index in [-0.39, 0.29) is 0 Å². The maximum absolute atomic E-state index is 6.66. The van der Waals surface area contributed by atoms with Crippen LogP contribution in [0.1, 0.15) is 0 Å². The molecule has 4 aromatic heterocycles. The number of nitrogens with zero attached hydrogens (tertiary/aromatic N) is 3. The fourth-order valence-electron chi connectivity index (χ4n) is 8.42. The fraction of sp³-hybridized carbons (Fsp3) is 0. The highest BCUT2D eigenvalue weighted by molar-refractivity contribution is 6.20. The molecule has 0 aliphatic heterocycles. The van der Waals surface area contributed by atoms with E-state index >= 15 is 0 Å². The van der Waals surface area contributed by atoms with Crippen LogP contribution < -0.4 is 4.90 Å². The van der Waals surface area contributed by atoms with Crippen molar-refractivity contribution in [3.63, 3.8) is 0 Å². The summed E-state index contributed by atoms with van der Waals surface area (Å²) in [5.41, 5.74) is 12.0. The molecule has 0 N–H and O–H groups in total. The van der Waals surface area contributed by atoms with Crippen LogP contribution >= 0.6 is 0 Å². The number of para-hydroxylation sites is 3. The minimum atomic E-state index is 0.592. The van der Waals surface area contributed by atoms with E-state index in [2.05, 4.69) is 131 Å². The first-order valence-electron chi connectivity index (χ1n) is 18.4. The van der Waals surface area contributed by atoms with Crippen molar-refractivity contribution in [1.29, 1.82) is 0 Å². The van der Waals surface area contributed by atoms with Crippen molar-refractivity contribution < 1.29 is 13.3 Å². The van der Waals surface area contributed by atoms with E-state index in [1.807, 2.05) is 54.6 Å². The van der Waals surface area contributed by atoms with Gasteiger partial charge in [-0.2, -0.15) is 0 Å². The zero-order valence-electron chi connectivity index (χ0n) is 29.3. The Kier molecular flexibility index (Phi) is 6.24. The summed E-state index contributed by atoms with van der Waals surface area (Å²) < 4.78 is 21.7. The molecule has 0 radical (unpaired) electrons. The number of rotatable bonds is 5. The molecular weight excluding hydrogens is 679 g/mol. The van der Waals surface area contributed by atoms with Crippen LogP contribution in [0, 0.1) is 0 Å². The largest absolute Gasteiger partial charge is 0.456 e. The number of anilines is 3. The summed E-state index contributed by atoms with van der Waals surface area (Å²) in [5, 5.41) is 6.43. The molecule has 0 spiro atoms. The summed E-state index contributed by atoms with van der Waals surface area (Å²) in [6.07, 6.45) is 0. The van der Waals surface area contributed by atoms with E-state index in [0.717, 1.165) is 94.1 Å². The number of aromatic nitrogens is 2. The Labute approximate surface area is 313 Å². The van der Waals surface area contributed by atoms with E-state index in [4.69, 9.17) is 18.2 Å². The van der Waals surface area contributed by atoms with E-state index in [9.17, 15) is 0 Å². The molecule has 0 saturated heterocycles. The van der Waals surface area contributed by atoms with Gasteiger partial charge in [-0.25, -0.2) is 4.98 Å². The molecule has 258 valence electrons. The Hall–Kier alpha value is -7.57. The molecule has 0 saturated carbocycles. The fourth-order valence-corrected chi connectivity index (χ4v) is 8.42. The molecule has 12 aromatic rings. The molecule has 0 amide bonds. The Morgan fingerprint density at radius 3 is 1.96 bits per heavy atom. The van der Waals surface area contributed by atoms with E-state index < -0.39 is 0 Å². The number of hydrogen-bond acceptors (Lipinski definition) is 5. The summed E-state index contributed by atoms with van der Waals surface area (Å²) in [6, 6.07) is 60.9. The van der Waals surface area contributed by atoms with Crippen molar-refractivity contribution in [2.75, 3.05) is 4.90 Å². The number of hydrogen-bond donors (Lipinski definition) is 0. The monoisotopic (exact) mass is 707 g/mol. The SMILES string of the molecule is c1ccc(-c2nc3cc4c(cc3o2)oc2cc(N(c3cccc5oc6ccccc6c35)c3cccc5c3c3ccccc3n5-c3ccccc3)ccc24)cc1. The van der Waals surface area contributed by atoms with Crippen LogP contribution in [0.25, 0.3) is 93.9 Å². The van der Waals surface area contributed by atoms with Gasteiger partial charge in [-0.15, -0.1) is 0 Å². The molecule has 0 atom stereocenters. The Morgan fingerprint density at radius 2 is 1.09 bits per heavy atom. The summed E-state index contributed by atoms with van der Waals surface area (Å²) >= 11 is 0. The van der Waals surface area contributed by atoms with Crippen LogP contribution in [-0.4, -0.2) is 9.55 Å². The van der Waals surface area contributed by atoms with Crippen LogP contribution in [0.5, 0.6) is 0 Å². The molecule has 0 aliphatic rings. The van der Waals surface area contributed by atoms with Gasteiger partial charge in [-0.1, -0.05) is 84.9 Å². The first kappa shape index (κ1) is 29.9. The molecule has 55 heavy (non-hydrogen) atoms. The average molecular weight is 708 g/mol. The summed E-state index contributed by atoms with van der Waals surface area (Å²) in [6.45, 7) is 0. The van der Waals surface area contributed by atoms with Gasteiger partial charge in [0.05, 0.1) is 27.8 Å². The predicted octanol–water partition coefficient (Wildman–Crippen LogP) is 13.9. The van der Waals surface area contributed by atoms with Crippen molar-refractivity contribution in [1.82, 2.24) is 9.55 Å². The number of fused-ring (bicyclic) bond motifs is 10. The van der Waals surface area contributed by atoms with Gasteiger partial charge in [0.15, 0.2) is 5.58 Å². The molecule has 0 unspecified atom stereocenters. The molecule has 6 heteroatoms. The Morgan fingerprint density at radius 1 is 0.418 bits per heavy atom. The highest BCUT2D eigenvalue weighted by atomic mass is 16.4. The number of oxazole rings is 1. The number of furan rings is 2. The number of benzene rings is 8. The first-order chi connectivity index (χ1) is 27.3. The molecule has 8 aromatic carbocycles. The Bertz CT molecular complexity index is 3440. The van der Waals surface area contributed by atoms with Crippen LogP contribution in [0.4, 0.5) is 17.1 Å². The van der Waals surface area contributed by atoms with Gasteiger partial charge in [0, 0.05) is 56.0 Å². The molecule has 0 bridgehead atoms. The highest BCUT2D eigenvalue weighted by Crippen LogP contribution is 2.48. The molecule has 0 fully saturated rings. The lowest BCUT2D eigenvalue weighted by Gasteiger charge is -2.27. The second kappa shape index (κ2) is 11.5. The van der Waals surface area contributed by atoms with Crippen LogP contribution in [-0.2, 0) is 0 Å². The second-order valence-corrected chi connectivity index (χ2v) is 13.9. The van der Waals surface area contributed by atoms with Gasteiger partial charge < -0.3 is 22.7 Å². The van der Waals surface area contributed by atoms with Crippen molar-refractivity contribution in [3.8, 4) is 17.1 Å². The van der Waals surface area contributed by atoms with Crippen molar-refractivity contribution in [3.05, 3.63) is 176 Å². The van der Waals surface area contributed by atoms with Gasteiger partial charge in [-0.05, 0) is 78.9 Å². The van der Waals surface area contributed by atoms with Gasteiger partial charge in [-0.3, -0.25) is 0 Å². The zero-order chi connectivity index (χ0) is 36.0. The maximum Gasteiger partial charge on any atom is 0.227 e.